The fourth-order valence-corrected chi connectivity index (χ4v) is 5.18. The van der Waals surface area contributed by atoms with Crippen LogP contribution < -0.4 is 4.90 Å². The maximum Gasteiger partial charge on any atom is 0.267 e. The highest BCUT2D eigenvalue weighted by atomic mass is 32.2. The number of nitriles is 1. The lowest BCUT2D eigenvalue weighted by Crippen LogP contribution is -2.37. The van der Waals surface area contributed by atoms with Crippen molar-refractivity contribution in [3.05, 3.63) is 76.6 Å². The Bertz CT molecular complexity index is 1040. The van der Waals surface area contributed by atoms with E-state index >= 15 is 0 Å². The molecule has 2 aromatic rings. The van der Waals surface area contributed by atoms with Crippen LogP contribution in [-0.2, 0) is 16.0 Å². The molecule has 0 saturated carbocycles. The Morgan fingerprint density at radius 1 is 1.06 bits per heavy atom. The molecule has 31 heavy (non-hydrogen) atoms. The maximum absolute atomic E-state index is 13.4. The Labute approximate surface area is 185 Å². The van der Waals surface area contributed by atoms with Crippen molar-refractivity contribution in [2.24, 2.45) is 0 Å². The zero-order valence-corrected chi connectivity index (χ0v) is 17.8. The molecule has 0 aromatic heterocycles. The SMILES string of the molecule is N#C/C(C(=O)N1CCCCC1)=C1/SC(Cc2ccc(F)cc2)C(=O)N1c1ccccc1. The molecule has 5 nitrogen and oxygen atoms in total. The summed E-state index contributed by atoms with van der Waals surface area (Å²) in [6.07, 6.45) is 3.29. The lowest BCUT2D eigenvalue weighted by molar-refractivity contribution is -0.127. The largest absolute Gasteiger partial charge is 0.338 e. The molecule has 2 heterocycles. The van der Waals surface area contributed by atoms with E-state index in [1.807, 2.05) is 18.2 Å². The Morgan fingerprint density at radius 2 is 1.74 bits per heavy atom. The number of likely N-dealkylation sites (tertiary alicyclic amines) is 1. The number of piperidine rings is 1. The van der Waals surface area contributed by atoms with Crippen molar-refractivity contribution in [2.75, 3.05) is 18.0 Å². The second-order valence-electron chi connectivity index (χ2n) is 7.59. The fraction of sp³-hybridized carbons (Fsp3) is 0.292. The summed E-state index contributed by atoms with van der Waals surface area (Å²) in [6, 6.07) is 17.2. The molecule has 0 aliphatic carbocycles. The van der Waals surface area contributed by atoms with Crippen molar-refractivity contribution < 1.29 is 14.0 Å². The third-order valence-electron chi connectivity index (χ3n) is 5.48. The molecule has 2 saturated heterocycles. The number of carbonyl (C=O) groups is 2. The second-order valence-corrected chi connectivity index (χ2v) is 8.78. The molecule has 4 rings (SSSR count). The molecule has 7 heteroatoms. The molecule has 0 bridgehead atoms. The second kappa shape index (κ2) is 9.36. The van der Waals surface area contributed by atoms with Gasteiger partial charge in [0.15, 0.2) is 0 Å². The molecule has 0 spiro atoms. The molecule has 1 atom stereocenters. The summed E-state index contributed by atoms with van der Waals surface area (Å²) < 4.78 is 13.3. The van der Waals surface area contributed by atoms with Gasteiger partial charge in [0.25, 0.3) is 5.91 Å². The van der Waals surface area contributed by atoms with Gasteiger partial charge < -0.3 is 4.90 Å². The van der Waals surface area contributed by atoms with Crippen LogP contribution in [0, 0.1) is 17.1 Å². The van der Waals surface area contributed by atoms with Crippen LogP contribution in [0.25, 0.3) is 0 Å². The minimum atomic E-state index is -0.502. The van der Waals surface area contributed by atoms with Crippen molar-refractivity contribution in [3.63, 3.8) is 0 Å². The number of hydrogen-bond donors (Lipinski definition) is 0. The van der Waals surface area contributed by atoms with E-state index in [-0.39, 0.29) is 23.2 Å². The van der Waals surface area contributed by atoms with Crippen LogP contribution in [0.15, 0.2) is 65.2 Å². The summed E-state index contributed by atoms with van der Waals surface area (Å²) in [5, 5.41) is 9.77. The van der Waals surface area contributed by atoms with Crippen LogP contribution in [0.3, 0.4) is 0 Å². The molecule has 158 valence electrons. The van der Waals surface area contributed by atoms with Gasteiger partial charge in [0.2, 0.25) is 5.91 Å². The van der Waals surface area contributed by atoms with E-state index in [0.717, 1.165) is 24.8 Å². The first kappa shape index (κ1) is 21.1. The summed E-state index contributed by atoms with van der Waals surface area (Å²) in [4.78, 5) is 29.7. The van der Waals surface area contributed by atoms with E-state index in [2.05, 4.69) is 6.07 Å². The fourth-order valence-electron chi connectivity index (χ4n) is 3.88. The zero-order chi connectivity index (χ0) is 21.8. The topological polar surface area (TPSA) is 64.4 Å². The number of hydrogen-bond acceptors (Lipinski definition) is 4. The van der Waals surface area contributed by atoms with Gasteiger partial charge in [0.1, 0.15) is 22.5 Å². The monoisotopic (exact) mass is 435 g/mol. The molecule has 2 amide bonds. The number of thioether (sulfide) groups is 1. The van der Waals surface area contributed by atoms with E-state index in [0.29, 0.717) is 30.2 Å². The van der Waals surface area contributed by atoms with Crippen molar-refractivity contribution >= 4 is 29.3 Å². The molecule has 0 radical (unpaired) electrons. The summed E-state index contributed by atoms with van der Waals surface area (Å²) in [5.74, 6) is -0.838. The standard InChI is InChI=1S/C24H22FN3O2S/c25-18-11-9-17(10-12-18)15-21-23(30)28(19-7-3-1-4-8-19)24(31-21)20(16-26)22(29)27-13-5-2-6-14-27/h1,3-4,7-12,21H,2,5-6,13-15H2/b24-20-. The van der Waals surface area contributed by atoms with Crippen molar-refractivity contribution in [1.29, 1.82) is 5.26 Å². The van der Waals surface area contributed by atoms with Crippen molar-refractivity contribution in [1.82, 2.24) is 4.90 Å². The Hall–Kier alpha value is -3.11. The molecule has 2 aromatic carbocycles. The minimum absolute atomic E-state index is 0.00529. The highest BCUT2D eigenvalue weighted by molar-refractivity contribution is 8.05. The molecule has 2 aliphatic rings. The van der Waals surface area contributed by atoms with Crippen LogP contribution in [0.2, 0.25) is 0 Å². The van der Waals surface area contributed by atoms with Gasteiger partial charge in [-0.05, 0) is 55.5 Å². The van der Waals surface area contributed by atoms with E-state index in [4.69, 9.17) is 0 Å². The van der Waals surface area contributed by atoms with Crippen LogP contribution in [-0.4, -0.2) is 35.1 Å². The average molecular weight is 436 g/mol. The van der Waals surface area contributed by atoms with Crippen molar-refractivity contribution in [2.45, 2.75) is 30.9 Å². The Kier molecular flexibility index (Phi) is 6.38. The van der Waals surface area contributed by atoms with Gasteiger partial charge in [0, 0.05) is 18.8 Å². The highest BCUT2D eigenvalue weighted by Gasteiger charge is 2.41. The minimum Gasteiger partial charge on any atom is -0.338 e. The Morgan fingerprint density at radius 3 is 2.39 bits per heavy atom. The molecule has 0 N–H and O–H groups in total. The van der Waals surface area contributed by atoms with E-state index < -0.39 is 5.25 Å². The van der Waals surface area contributed by atoms with Crippen LogP contribution in [0.5, 0.6) is 0 Å². The zero-order valence-electron chi connectivity index (χ0n) is 17.0. The van der Waals surface area contributed by atoms with Gasteiger partial charge in [-0.1, -0.05) is 42.1 Å². The number of carbonyl (C=O) groups excluding carboxylic acids is 2. The first-order valence-electron chi connectivity index (χ1n) is 10.3. The number of amides is 2. The van der Waals surface area contributed by atoms with E-state index in [1.54, 1.807) is 29.2 Å². The number of para-hydroxylation sites is 1. The first-order valence-corrected chi connectivity index (χ1v) is 11.2. The molecule has 2 aliphatic heterocycles. The molecule has 2 fully saturated rings. The lowest BCUT2D eigenvalue weighted by Gasteiger charge is -2.27. The van der Waals surface area contributed by atoms with Crippen LogP contribution in [0.4, 0.5) is 10.1 Å². The summed E-state index contributed by atoms with van der Waals surface area (Å²) in [5.41, 5.74) is 1.45. The highest BCUT2D eigenvalue weighted by Crippen LogP contribution is 2.42. The summed E-state index contributed by atoms with van der Waals surface area (Å²) in [7, 11) is 0. The quantitative estimate of drug-likeness (QED) is 0.532. The summed E-state index contributed by atoms with van der Waals surface area (Å²) >= 11 is 1.24. The smallest absolute Gasteiger partial charge is 0.267 e. The van der Waals surface area contributed by atoms with E-state index in [9.17, 15) is 19.2 Å². The third kappa shape index (κ3) is 4.49. The molecule has 1 unspecified atom stereocenters. The third-order valence-corrected chi connectivity index (χ3v) is 6.75. The van der Waals surface area contributed by atoms with Gasteiger partial charge in [-0.25, -0.2) is 4.39 Å². The summed E-state index contributed by atoms with van der Waals surface area (Å²) in [6.45, 7) is 1.25. The van der Waals surface area contributed by atoms with Gasteiger partial charge in [0.05, 0.1) is 5.25 Å². The van der Waals surface area contributed by atoms with Gasteiger partial charge in [-0.15, -0.1) is 0 Å². The number of nitrogens with zero attached hydrogens (tertiary/aromatic N) is 3. The van der Waals surface area contributed by atoms with E-state index in [1.165, 1.54) is 28.8 Å². The predicted molar refractivity (Wildman–Crippen MR) is 118 cm³/mol. The maximum atomic E-state index is 13.4. The number of rotatable bonds is 4. The molecular weight excluding hydrogens is 413 g/mol. The predicted octanol–water partition coefficient (Wildman–Crippen LogP) is 4.26. The first-order chi connectivity index (χ1) is 15.1. The van der Waals surface area contributed by atoms with Gasteiger partial charge in [-0.3, -0.25) is 14.5 Å². The van der Waals surface area contributed by atoms with Crippen LogP contribution in [0.1, 0.15) is 24.8 Å². The number of benzene rings is 2. The average Bonchev–Trinajstić information content (AvgIpc) is 3.12. The Balaban J connectivity index is 1.71. The normalized spacial score (nSPS) is 20.5. The van der Waals surface area contributed by atoms with Gasteiger partial charge >= 0.3 is 0 Å². The van der Waals surface area contributed by atoms with Crippen LogP contribution >= 0.6 is 11.8 Å². The number of halogens is 1. The van der Waals surface area contributed by atoms with Gasteiger partial charge in [-0.2, -0.15) is 5.26 Å². The lowest BCUT2D eigenvalue weighted by atomic mass is 10.1. The molecular formula is C24H22FN3O2S. The number of anilines is 1. The van der Waals surface area contributed by atoms with Crippen molar-refractivity contribution in [3.8, 4) is 6.07 Å².